The molecule has 0 saturated heterocycles. The molecule has 0 N–H and O–H groups in total. The second-order valence-electron chi connectivity index (χ2n) is 1.02. The SMILES string of the molecule is CCOCC.[O]=[Y][SiH3]. The molecular formula is C4H13O2SiY. The Hall–Kier alpha value is 1.08. The van der Waals surface area contributed by atoms with Crippen LogP contribution < -0.4 is 0 Å². The zero-order chi connectivity index (χ0) is 6.83. The Morgan fingerprint density at radius 1 is 1.50 bits per heavy atom. The van der Waals surface area contributed by atoms with Crippen molar-refractivity contribution in [2.75, 3.05) is 13.2 Å². The molecule has 0 radical (unpaired) electrons. The van der Waals surface area contributed by atoms with E-state index >= 15 is 0 Å². The van der Waals surface area contributed by atoms with Crippen molar-refractivity contribution in [3.63, 3.8) is 0 Å². The molecule has 0 bridgehead atoms. The molecule has 0 fully saturated rings. The van der Waals surface area contributed by atoms with Crippen LogP contribution >= 0.6 is 0 Å². The molecule has 0 atom stereocenters. The minimum atomic E-state index is -1.00. The van der Waals surface area contributed by atoms with Gasteiger partial charge in [-0.1, -0.05) is 0 Å². The zero-order valence-electron chi connectivity index (χ0n) is 5.81. The van der Waals surface area contributed by atoms with Crippen molar-refractivity contribution in [3.8, 4) is 0 Å². The van der Waals surface area contributed by atoms with E-state index in [0.29, 0.717) is 0 Å². The number of ether oxygens (including phenoxy) is 1. The normalized spacial score (nSPS) is 6.75. The molecule has 0 unspecified atom stereocenters. The van der Waals surface area contributed by atoms with Crippen LogP contribution in [0.15, 0.2) is 0 Å². The van der Waals surface area contributed by atoms with E-state index in [1.165, 1.54) is 0 Å². The molecule has 0 aromatic carbocycles. The van der Waals surface area contributed by atoms with Crippen molar-refractivity contribution in [1.82, 2.24) is 0 Å². The fourth-order valence-electron chi connectivity index (χ4n) is 0.204. The minimum absolute atomic E-state index is 0.844. The average Bonchev–Trinajstić information content (AvgIpc) is 1.71. The van der Waals surface area contributed by atoms with Crippen LogP contribution in [0.5, 0.6) is 0 Å². The van der Waals surface area contributed by atoms with E-state index in [4.69, 9.17) is 4.74 Å². The maximum absolute atomic E-state index is 9.18. The van der Waals surface area contributed by atoms with Crippen LogP contribution in [0.2, 0.25) is 0 Å². The van der Waals surface area contributed by atoms with Gasteiger partial charge in [-0.2, -0.15) is 0 Å². The quantitative estimate of drug-likeness (QED) is 0.587. The number of hydrogen-bond acceptors (Lipinski definition) is 2. The van der Waals surface area contributed by atoms with Crippen LogP contribution in [0.25, 0.3) is 0 Å². The Morgan fingerprint density at radius 2 is 1.75 bits per heavy atom. The molecule has 0 saturated carbocycles. The second-order valence-corrected chi connectivity index (χ2v) is 4.96. The molecular weight excluding hydrogens is 197 g/mol. The van der Waals surface area contributed by atoms with Gasteiger partial charge in [0.25, 0.3) is 0 Å². The number of hydrogen-bond donors (Lipinski definition) is 0. The standard InChI is InChI=1S/C4H10O.O.H3Si.Y/c1-3-5-4-2;;;/h3-4H2,1-2H3;;1H3;. The predicted molar refractivity (Wildman–Crippen MR) is 32.8 cm³/mol. The van der Waals surface area contributed by atoms with Gasteiger partial charge in [-0.15, -0.1) is 0 Å². The fraction of sp³-hybridized carbons (Fsp3) is 1.00. The second kappa shape index (κ2) is 15.7. The first-order valence-electron chi connectivity index (χ1n) is 2.80. The molecule has 0 aromatic rings. The summed E-state index contributed by atoms with van der Waals surface area (Å²) in [6, 6.07) is 0. The summed E-state index contributed by atoms with van der Waals surface area (Å²) in [5.74, 6) is 0. The van der Waals surface area contributed by atoms with Gasteiger partial charge in [-0.05, 0) is 13.8 Å². The summed E-state index contributed by atoms with van der Waals surface area (Å²) in [6.45, 7) is 5.67. The molecule has 4 heteroatoms. The zero-order valence-corrected chi connectivity index (χ0v) is 10.6. The van der Waals surface area contributed by atoms with Crippen molar-refractivity contribution >= 4 is 6.26 Å². The summed E-state index contributed by atoms with van der Waals surface area (Å²) in [5.41, 5.74) is 0. The molecule has 0 rings (SSSR count). The Morgan fingerprint density at radius 3 is 1.75 bits per heavy atom. The van der Waals surface area contributed by atoms with Crippen molar-refractivity contribution < 1.29 is 35.1 Å². The van der Waals surface area contributed by atoms with Gasteiger partial charge in [0.1, 0.15) is 0 Å². The van der Waals surface area contributed by atoms with Gasteiger partial charge in [0.15, 0.2) is 0 Å². The van der Waals surface area contributed by atoms with Gasteiger partial charge >= 0.3 is 36.6 Å². The van der Waals surface area contributed by atoms with E-state index in [1.807, 2.05) is 13.8 Å². The molecule has 48 valence electrons. The van der Waals surface area contributed by atoms with Crippen LogP contribution in [-0.4, -0.2) is 19.5 Å². The third kappa shape index (κ3) is 27.6. The van der Waals surface area contributed by atoms with Crippen LogP contribution in [-0.2, 0) is 35.1 Å². The van der Waals surface area contributed by atoms with Gasteiger partial charge < -0.3 is 4.74 Å². The van der Waals surface area contributed by atoms with Crippen molar-refractivity contribution in [3.05, 3.63) is 0 Å². The van der Waals surface area contributed by atoms with Crippen LogP contribution in [0, 0.1) is 0 Å². The Bertz CT molecular complexity index is 41.0. The fourth-order valence-corrected chi connectivity index (χ4v) is 0.204. The first kappa shape index (κ1) is 11.8. The molecule has 8 heavy (non-hydrogen) atoms. The summed E-state index contributed by atoms with van der Waals surface area (Å²) in [6.07, 6.45) is 1.00. The van der Waals surface area contributed by atoms with Gasteiger partial charge in [0, 0.05) is 13.2 Å². The van der Waals surface area contributed by atoms with Gasteiger partial charge in [0.05, 0.1) is 0 Å². The summed E-state index contributed by atoms with van der Waals surface area (Å²) in [5, 5.41) is 0. The summed E-state index contributed by atoms with van der Waals surface area (Å²) >= 11 is -1.00. The average molecular weight is 210 g/mol. The summed E-state index contributed by atoms with van der Waals surface area (Å²) < 4.78 is 14.0. The van der Waals surface area contributed by atoms with E-state index in [1.54, 1.807) is 0 Å². The van der Waals surface area contributed by atoms with Crippen LogP contribution in [0.4, 0.5) is 0 Å². The predicted octanol–water partition coefficient (Wildman–Crippen LogP) is -0.262. The first-order valence-corrected chi connectivity index (χ1v) is 13.6. The van der Waals surface area contributed by atoms with E-state index in [9.17, 15) is 2.04 Å². The van der Waals surface area contributed by atoms with Crippen LogP contribution in [0.1, 0.15) is 13.8 Å². The monoisotopic (exact) mass is 210 g/mol. The molecule has 0 aliphatic carbocycles. The number of rotatable bonds is 2. The van der Waals surface area contributed by atoms with E-state index < -0.39 is 28.3 Å². The molecule has 2 nitrogen and oxygen atoms in total. The molecule has 0 amide bonds. The van der Waals surface area contributed by atoms with Gasteiger partial charge in [-0.3, -0.25) is 0 Å². The molecule has 0 aromatic heterocycles. The van der Waals surface area contributed by atoms with Crippen molar-refractivity contribution in [2.45, 2.75) is 13.8 Å². The molecule has 0 aliphatic heterocycles. The third-order valence-corrected chi connectivity index (χ3v) is 0.408. The van der Waals surface area contributed by atoms with E-state index in [0.717, 1.165) is 19.5 Å². The van der Waals surface area contributed by atoms with E-state index in [-0.39, 0.29) is 0 Å². The molecule has 0 spiro atoms. The molecule has 0 aliphatic rings. The first-order chi connectivity index (χ1) is 3.83. The summed E-state index contributed by atoms with van der Waals surface area (Å²) in [7, 11) is 0. The topological polar surface area (TPSA) is 26.3 Å². The van der Waals surface area contributed by atoms with E-state index in [2.05, 4.69) is 0 Å². The van der Waals surface area contributed by atoms with Crippen LogP contribution in [0.3, 0.4) is 0 Å². The Balaban J connectivity index is 0. The van der Waals surface area contributed by atoms with Crippen molar-refractivity contribution in [2.24, 2.45) is 0 Å². The van der Waals surface area contributed by atoms with Gasteiger partial charge in [-0.25, -0.2) is 0 Å². The maximum atomic E-state index is 9.18. The third-order valence-electron chi connectivity index (χ3n) is 0.408. The summed E-state index contributed by atoms with van der Waals surface area (Å²) in [4.78, 5) is 0. The van der Waals surface area contributed by atoms with Crippen molar-refractivity contribution in [1.29, 1.82) is 0 Å². The molecule has 0 heterocycles. The Kier molecular flexibility index (Phi) is 23.2. The van der Waals surface area contributed by atoms with Gasteiger partial charge in [0.2, 0.25) is 0 Å². The Labute approximate surface area is 68.0 Å².